The Morgan fingerprint density at radius 3 is 2.65 bits per heavy atom. The SMILES string of the molecule is N#Cc1ccc(Nc2cccc(F)c2[N+](=O)[O-])c(Cl)c1. The molecule has 0 aromatic heterocycles. The number of anilines is 2. The number of nitrogens with zero attached hydrogens (tertiary/aromatic N) is 2. The molecule has 7 heteroatoms. The fraction of sp³-hybridized carbons (Fsp3) is 0. The molecule has 0 aliphatic rings. The lowest BCUT2D eigenvalue weighted by Crippen LogP contribution is -2.00. The first kappa shape index (κ1) is 13.8. The number of hydrogen-bond acceptors (Lipinski definition) is 4. The van der Waals surface area contributed by atoms with Gasteiger partial charge < -0.3 is 5.32 Å². The first-order valence-electron chi connectivity index (χ1n) is 5.42. The molecule has 100 valence electrons. The van der Waals surface area contributed by atoms with E-state index in [-0.39, 0.29) is 10.7 Å². The van der Waals surface area contributed by atoms with Crippen molar-refractivity contribution >= 4 is 28.7 Å². The highest BCUT2D eigenvalue weighted by molar-refractivity contribution is 6.33. The van der Waals surface area contributed by atoms with Gasteiger partial charge in [-0.3, -0.25) is 10.1 Å². The highest BCUT2D eigenvalue weighted by Crippen LogP contribution is 2.33. The molecule has 0 aliphatic carbocycles. The molecule has 2 rings (SSSR count). The quantitative estimate of drug-likeness (QED) is 0.684. The van der Waals surface area contributed by atoms with Crippen molar-refractivity contribution in [3.05, 3.63) is 62.9 Å². The van der Waals surface area contributed by atoms with Crippen LogP contribution in [0.25, 0.3) is 0 Å². The molecule has 0 saturated carbocycles. The molecule has 0 spiro atoms. The maximum Gasteiger partial charge on any atom is 0.327 e. The Morgan fingerprint density at radius 1 is 1.30 bits per heavy atom. The van der Waals surface area contributed by atoms with Gasteiger partial charge in [-0.2, -0.15) is 9.65 Å². The normalized spacial score (nSPS) is 9.85. The second kappa shape index (κ2) is 5.55. The Balaban J connectivity index is 2.43. The number of rotatable bonds is 3. The molecule has 0 radical (unpaired) electrons. The van der Waals surface area contributed by atoms with Crippen LogP contribution in [0.3, 0.4) is 0 Å². The van der Waals surface area contributed by atoms with Crippen molar-refractivity contribution in [1.29, 1.82) is 5.26 Å². The summed E-state index contributed by atoms with van der Waals surface area (Å²) >= 11 is 5.95. The fourth-order valence-electron chi connectivity index (χ4n) is 1.63. The Hall–Kier alpha value is -2.65. The molecule has 1 N–H and O–H groups in total. The van der Waals surface area contributed by atoms with Crippen LogP contribution in [0.4, 0.5) is 21.5 Å². The van der Waals surface area contributed by atoms with Crippen molar-refractivity contribution in [3.63, 3.8) is 0 Å². The zero-order chi connectivity index (χ0) is 14.7. The summed E-state index contributed by atoms with van der Waals surface area (Å²) in [7, 11) is 0. The molecule has 0 amide bonds. The van der Waals surface area contributed by atoms with Gasteiger partial charge >= 0.3 is 5.69 Å². The smallest absolute Gasteiger partial charge is 0.327 e. The van der Waals surface area contributed by atoms with Crippen molar-refractivity contribution in [1.82, 2.24) is 0 Å². The van der Waals surface area contributed by atoms with E-state index in [0.717, 1.165) is 6.07 Å². The zero-order valence-corrected chi connectivity index (χ0v) is 10.7. The number of nitriles is 1. The molecule has 0 unspecified atom stereocenters. The standard InChI is InChI=1S/C13H7ClFN3O2/c14-9-6-8(7-16)4-5-11(9)17-12-3-1-2-10(15)13(12)18(19)20/h1-6,17H. The van der Waals surface area contributed by atoms with Crippen LogP contribution < -0.4 is 5.32 Å². The average molecular weight is 292 g/mol. The lowest BCUT2D eigenvalue weighted by atomic mass is 10.2. The van der Waals surface area contributed by atoms with E-state index >= 15 is 0 Å². The van der Waals surface area contributed by atoms with Gasteiger partial charge in [0.25, 0.3) is 0 Å². The predicted octanol–water partition coefficient (Wildman–Crippen LogP) is 4.00. The van der Waals surface area contributed by atoms with Gasteiger partial charge in [0.15, 0.2) is 0 Å². The minimum atomic E-state index is -0.940. The molecule has 20 heavy (non-hydrogen) atoms. The third-order valence-corrected chi connectivity index (χ3v) is 2.85. The first-order valence-corrected chi connectivity index (χ1v) is 5.80. The Labute approximate surface area is 118 Å². The summed E-state index contributed by atoms with van der Waals surface area (Å²) in [6, 6.07) is 10.0. The van der Waals surface area contributed by atoms with Crippen molar-refractivity contribution in [2.24, 2.45) is 0 Å². The molecular formula is C13H7ClFN3O2. The monoisotopic (exact) mass is 291 g/mol. The second-order valence-corrected chi connectivity index (χ2v) is 4.23. The van der Waals surface area contributed by atoms with Crippen molar-refractivity contribution in [3.8, 4) is 6.07 Å². The van der Waals surface area contributed by atoms with E-state index in [0.29, 0.717) is 11.3 Å². The van der Waals surface area contributed by atoms with Crippen LogP contribution >= 0.6 is 11.6 Å². The summed E-state index contributed by atoms with van der Waals surface area (Å²) < 4.78 is 13.5. The van der Waals surface area contributed by atoms with E-state index in [1.807, 2.05) is 6.07 Å². The van der Waals surface area contributed by atoms with E-state index in [9.17, 15) is 14.5 Å². The summed E-state index contributed by atoms with van der Waals surface area (Å²) in [5.41, 5.74) is 0.0307. The van der Waals surface area contributed by atoms with Crippen LogP contribution in [0.15, 0.2) is 36.4 Å². The Kier molecular flexibility index (Phi) is 3.82. The third-order valence-electron chi connectivity index (χ3n) is 2.54. The highest BCUT2D eigenvalue weighted by atomic mass is 35.5. The van der Waals surface area contributed by atoms with Crippen LogP contribution in [0.5, 0.6) is 0 Å². The molecule has 0 heterocycles. The Morgan fingerprint density at radius 2 is 2.05 bits per heavy atom. The van der Waals surface area contributed by atoms with Gasteiger partial charge in [-0.15, -0.1) is 0 Å². The number of hydrogen-bond donors (Lipinski definition) is 1. The van der Waals surface area contributed by atoms with Gasteiger partial charge in [0.2, 0.25) is 5.82 Å². The molecule has 0 bridgehead atoms. The van der Waals surface area contributed by atoms with Crippen molar-refractivity contribution in [2.45, 2.75) is 0 Å². The van der Waals surface area contributed by atoms with Gasteiger partial charge in [0.05, 0.1) is 27.3 Å². The largest absolute Gasteiger partial charge is 0.349 e. The fourth-order valence-corrected chi connectivity index (χ4v) is 1.86. The number of halogens is 2. The van der Waals surface area contributed by atoms with E-state index in [1.54, 1.807) is 0 Å². The van der Waals surface area contributed by atoms with Crippen molar-refractivity contribution in [2.75, 3.05) is 5.32 Å². The van der Waals surface area contributed by atoms with Crippen LogP contribution in [-0.4, -0.2) is 4.92 Å². The van der Waals surface area contributed by atoms with Gasteiger partial charge in [0, 0.05) is 0 Å². The maximum absolute atomic E-state index is 13.5. The highest BCUT2D eigenvalue weighted by Gasteiger charge is 2.20. The number of nitro benzene ring substituents is 1. The Bertz CT molecular complexity index is 728. The van der Waals surface area contributed by atoms with Crippen LogP contribution in [0.2, 0.25) is 5.02 Å². The van der Waals surface area contributed by atoms with E-state index in [1.165, 1.54) is 30.3 Å². The molecule has 2 aromatic rings. The number of nitrogens with one attached hydrogen (secondary N) is 1. The van der Waals surface area contributed by atoms with Crippen LogP contribution in [0.1, 0.15) is 5.56 Å². The van der Waals surface area contributed by atoms with E-state index in [4.69, 9.17) is 16.9 Å². The third kappa shape index (κ3) is 2.68. The van der Waals surface area contributed by atoms with Gasteiger partial charge in [-0.05, 0) is 30.3 Å². The second-order valence-electron chi connectivity index (χ2n) is 3.82. The van der Waals surface area contributed by atoms with Gasteiger partial charge in [-0.1, -0.05) is 17.7 Å². The minimum absolute atomic E-state index is 0.0124. The molecule has 2 aromatic carbocycles. The summed E-state index contributed by atoms with van der Waals surface area (Å²) in [5, 5.41) is 22.5. The first-order chi connectivity index (χ1) is 9.52. The number of para-hydroxylation sites is 1. The molecule has 0 saturated heterocycles. The zero-order valence-electron chi connectivity index (χ0n) is 9.93. The maximum atomic E-state index is 13.5. The van der Waals surface area contributed by atoms with Crippen LogP contribution in [-0.2, 0) is 0 Å². The summed E-state index contributed by atoms with van der Waals surface area (Å²) in [4.78, 5) is 10.1. The number of benzene rings is 2. The lowest BCUT2D eigenvalue weighted by Gasteiger charge is -2.09. The van der Waals surface area contributed by atoms with E-state index < -0.39 is 16.4 Å². The minimum Gasteiger partial charge on any atom is -0.349 e. The summed E-state index contributed by atoms with van der Waals surface area (Å²) in [5.74, 6) is -0.940. The topological polar surface area (TPSA) is 79.0 Å². The van der Waals surface area contributed by atoms with E-state index in [2.05, 4.69) is 5.32 Å². The van der Waals surface area contributed by atoms with Crippen molar-refractivity contribution < 1.29 is 9.31 Å². The van der Waals surface area contributed by atoms with Crippen LogP contribution in [0, 0.1) is 27.3 Å². The molecule has 0 atom stereocenters. The van der Waals surface area contributed by atoms with Gasteiger partial charge in [-0.25, -0.2) is 0 Å². The average Bonchev–Trinajstić information content (AvgIpc) is 2.40. The van der Waals surface area contributed by atoms with Gasteiger partial charge in [0.1, 0.15) is 5.69 Å². The molecule has 0 aliphatic heterocycles. The molecule has 0 fully saturated rings. The molecule has 5 nitrogen and oxygen atoms in total. The number of nitro groups is 1. The summed E-state index contributed by atoms with van der Waals surface area (Å²) in [6.45, 7) is 0. The lowest BCUT2D eigenvalue weighted by molar-refractivity contribution is -0.386. The summed E-state index contributed by atoms with van der Waals surface area (Å²) in [6.07, 6.45) is 0. The predicted molar refractivity (Wildman–Crippen MR) is 72.5 cm³/mol. The molecular weight excluding hydrogens is 285 g/mol.